The molecule has 1 radical (unpaired) electrons. The molecule has 27 valence electrons. The summed E-state index contributed by atoms with van der Waals surface area (Å²) in [5.74, 6) is 5.96. The molecule has 0 aliphatic carbocycles. The fourth-order valence-corrected chi connectivity index (χ4v) is 0. The van der Waals surface area contributed by atoms with Crippen molar-refractivity contribution in [2.75, 3.05) is 7.05 Å². The van der Waals surface area contributed by atoms with E-state index in [4.69, 9.17) is 5.84 Å². The third-order valence-corrected chi connectivity index (χ3v) is 0. The van der Waals surface area contributed by atoms with Crippen molar-refractivity contribution in [3.8, 4) is 0 Å². The minimum atomic E-state index is 0. The number of rotatable bonds is 0. The van der Waals surface area contributed by atoms with Crippen molar-refractivity contribution >= 4 is 0 Å². The Labute approximate surface area is 36.2 Å². The molecule has 0 heterocycles. The fourth-order valence-electron chi connectivity index (χ4n) is 0. The van der Waals surface area contributed by atoms with E-state index < -0.39 is 0 Å². The Morgan fingerprint density at radius 1 is 1.75 bits per heavy atom. The molecule has 2 N–H and O–H groups in total. The van der Waals surface area contributed by atoms with Gasteiger partial charge in [-0.05, 0) is 7.05 Å². The van der Waals surface area contributed by atoms with Gasteiger partial charge in [0.25, 0.3) is 0 Å². The normalized spacial score (nSPS) is 4.50. The number of hydrogen-bond acceptors (Lipinski definition) is 1. The zero-order valence-electron chi connectivity index (χ0n) is 2.38. The van der Waals surface area contributed by atoms with Gasteiger partial charge in [0, 0.05) is 17.1 Å². The van der Waals surface area contributed by atoms with Gasteiger partial charge in [0.1, 0.15) is 0 Å². The summed E-state index contributed by atoms with van der Waals surface area (Å²) >= 11 is 0. The van der Waals surface area contributed by atoms with E-state index in [1.165, 1.54) is 0 Å². The van der Waals surface area contributed by atoms with Crippen molar-refractivity contribution in [1.82, 2.24) is 5.43 Å². The molecular formula is CH5MnN2-. The van der Waals surface area contributed by atoms with Gasteiger partial charge >= 0.3 is 0 Å². The quantitative estimate of drug-likeness (QED) is 0.342. The minimum absolute atomic E-state index is 0. The molecular weight excluding hydrogens is 95.0 g/mol. The Hall–Kier alpha value is 0.439. The summed E-state index contributed by atoms with van der Waals surface area (Å²) < 4.78 is 0. The summed E-state index contributed by atoms with van der Waals surface area (Å²) in [6, 6.07) is 0. The van der Waals surface area contributed by atoms with Gasteiger partial charge in [-0.1, -0.05) is 0 Å². The first kappa shape index (κ1) is 8.83. The summed E-state index contributed by atoms with van der Waals surface area (Å²) in [5.41, 5.74) is 2.00. The van der Waals surface area contributed by atoms with Gasteiger partial charge in [-0.3, -0.25) is 0 Å². The van der Waals surface area contributed by atoms with Crippen LogP contribution in [0.3, 0.4) is 0 Å². The van der Waals surface area contributed by atoms with Crippen LogP contribution in [0.2, 0.25) is 0 Å². The van der Waals surface area contributed by atoms with Crippen LogP contribution < -0.4 is 5.43 Å². The SMILES string of the molecule is CN[NH-].[Mn]. The maximum atomic E-state index is 5.96. The van der Waals surface area contributed by atoms with Gasteiger partial charge in [0.2, 0.25) is 0 Å². The molecule has 0 saturated carbocycles. The Kier molecular flexibility index (Phi) is 21.8. The maximum Gasteiger partial charge on any atom is 0 e. The van der Waals surface area contributed by atoms with Gasteiger partial charge < -0.3 is 11.3 Å². The second kappa shape index (κ2) is 9.88. The Morgan fingerprint density at radius 3 is 1.75 bits per heavy atom. The zero-order chi connectivity index (χ0) is 2.71. The molecule has 0 saturated heterocycles. The van der Waals surface area contributed by atoms with Crippen molar-refractivity contribution in [2.45, 2.75) is 0 Å². The summed E-state index contributed by atoms with van der Waals surface area (Å²) in [5, 5.41) is 0. The molecule has 0 aliphatic heterocycles. The smallest absolute Gasteiger partial charge is 0 e. The first-order valence-electron chi connectivity index (χ1n) is 0.750. The van der Waals surface area contributed by atoms with Gasteiger partial charge in [0.05, 0.1) is 0 Å². The summed E-state index contributed by atoms with van der Waals surface area (Å²) in [7, 11) is 1.54. The average Bonchev–Trinajstić information content (AvgIpc) is 0.918. The standard InChI is InChI=1S/CH5N2.Mn/c1-3-2;/h2-3H,1H3;/q-1;. The fraction of sp³-hybridized carbons (Fsp3) is 1.00. The minimum Gasteiger partial charge on any atom is -0.613 e. The second-order valence-corrected chi connectivity index (χ2v) is 0.250. The van der Waals surface area contributed by atoms with Gasteiger partial charge in [-0.15, -0.1) is 0 Å². The van der Waals surface area contributed by atoms with Crippen LogP contribution in [0.1, 0.15) is 0 Å². The van der Waals surface area contributed by atoms with E-state index in [9.17, 15) is 0 Å². The average molecular weight is 100 g/mol. The molecule has 0 fully saturated rings. The van der Waals surface area contributed by atoms with E-state index in [-0.39, 0.29) is 17.1 Å². The van der Waals surface area contributed by atoms with Crippen LogP contribution in [0.25, 0.3) is 5.84 Å². The van der Waals surface area contributed by atoms with E-state index >= 15 is 0 Å². The van der Waals surface area contributed by atoms with E-state index in [1.807, 2.05) is 5.43 Å². The number of hydrogen-bond donors (Lipinski definition) is 1. The van der Waals surface area contributed by atoms with Crippen molar-refractivity contribution in [3.63, 3.8) is 0 Å². The summed E-state index contributed by atoms with van der Waals surface area (Å²) in [4.78, 5) is 0. The molecule has 0 bridgehead atoms. The molecule has 0 aliphatic rings. The first-order chi connectivity index (χ1) is 1.41. The Morgan fingerprint density at radius 2 is 1.75 bits per heavy atom. The van der Waals surface area contributed by atoms with Crippen molar-refractivity contribution < 1.29 is 17.1 Å². The molecule has 0 aromatic rings. The predicted octanol–water partition coefficient (Wildman–Crippen LogP) is 0.170. The Balaban J connectivity index is 0. The van der Waals surface area contributed by atoms with E-state index in [1.54, 1.807) is 7.05 Å². The first-order valence-corrected chi connectivity index (χ1v) is 0.750. The van der Waals surface area contributed by atoms with Gasteiger partial charge in [-0.25, -0.2) is 0 Å². The molecule has 4 heavy (non-hydrogen) atoms. The van der Waals surface area contributed by atoms with Crippen LogP contribution in [0.5, 0.6) is 0 Å². The van der Waals surface area contributed by atoms with Crippen molar-refractivity contribution in [2.24, 2.45) is 0 Å². The second-order valence-electron chi connectivity index (χ2n) is 0.250. The molecule has 0 rings (SSSR count). The zero-order valence-corrected chi connectivity index (χ0v) is 3.56. The third kappa shape index (κ3) is 26.2. The van der Waals surface area contributed by atoms with Gasteiger partial charge in [0.15, 0.2) is 0 Å². The molecule has 0 atom stereocenters. The third-order valence-electron chi connectivity index (χ3n) is 0. The van der Waals surface area contributed by atoms with E-state index in [2.05, 4.69) is 0 Å². The number of nitrogens with one attached hydrogen (secondary N) is 2. The topological polar surface area (TPSA) is 35.8 Å². The van der Waals surface area contributed by atoms with E-state index in [0.29, 0.717) is 0 Å². The van der Waals surface area contributed by atoms with Crippen molar-refractivity contribution in [3.05, 3.63) is 5.84 Å². The Bertz CT molecular complexity index is 6.00. The van der Waals surface area contributed by atoms with Crippen LogP contribution in [-0.2, 0) is 17.1 Å². The summed E-state index contributed by atoms with van der Waals surface area (Å²) in [6.07, 6.45) is 0. The van der Waals surface area contributed by atoms with Crippen LogP contribution in [0, 0.1) is 0 Å². The largest absolute Gasteiger partial charge is 0.613 e. The molecule has 2 nitrogen and oxygen atoms in total. The molecule has 0 unspecified atom stereocenters. The van der Waals surface area contributed by atoms with E-state index in [0.717, 1.165) is 0 Å². The van der Waals surface area contributed by atoms with Gasteiger partial charge in [-0.2, -0.15) is 0 Å². The van der Waals surface area contributed by atoms with Crippen LogP contribution in [-0.4, -0.2) is 7.05 Å². The van der Waals surface area contributed by atoms with Crippen LogP contribution >= 0.6 is 0 Å². The van der Waals surface area contributed by atoms with Crippen molar-refractivity contribution in [1.29, 1.82) is 0 Å². The monoisotopic (exact) mass is 100.0 g/mol. The summed E-state index contributed by atoms with van der Waals surface area (Å²) in [6.45, 7) is 0. The maximum absolute atomic E-state index is 5.96. The molecule has 0 spiro atoms. The van der Waals surface area contributed by atoms with Crippen LogP contribution in [0.15, 0.2) is 0 Å². The molecule has 0 aromatic carbocycles. The van der Waals surface area contributed by atoms with Crippen LogP contribution in [0.4, 0.5) is 0 Å². The molecule has 0 amide bonds. The molecule has 3 heteroatoms. The molecule has 0 aromatic heterocycles. The predicted molar refractivity (Wildman–Crippen MR) is 13.4 cm³/mol.